The van der Waals surface area contributed by atoms with Crippen molar-refractivity contribution in [1.29, 1.82) is 0 Å². The van der Waals surface area contributed by atoms with Gasteiger partial charge in [0, 0.05) is 29.9 Å². The minimum Gasteiger partial charge on any atom is -0.321 e. The van der Waals surface area contributed by atoms with Gasteiger partial charge in [-0.25, -0.2) is 15.2 Å². The van der Waals surface area contributed by atoms with Crippen LogP contribution in [-0.4, -0.2) is 26.5 Å². The lowest BCUT2D eigenvalue weighted by molar-refractivity contribution is 0.102. The number of nitrogens with two attached hydrogens (primary N) is 2. The van der Waals surface area contributed by atoms with Gasteiger partial charge in [-0.1, -0.05) is 17.7 Å². The molecule has 6 N–H and O–H groups in total. The van der Waals surface area contributed by atoms with Crippen molar-refractivity contribution < 1.29 is 9.18 Å². The molecule has 0 aliphatic carbocycles. The number of hydrazone groups is 1. The van der Waals surface area contributed by atoms with E-state index in [2.05, 4.69) is 25.9 Å². The summed E-state index contributed by atoms with van der Waals surface area (Å²) in [6, 6.07) is 7.24. The highest BCUT2D eigenvalue weighted by Crippen LogP contribution is 2.27. The van der Waals surface area contributed by atoms with Gasteiger partial charge in [-0.15, -0.1) is 0 Å². The average molecular weight is 403 g/mol. The molecule has 0 spiro atoms. The number of aromatic nitrogens is 3. The number of pyridine rings is 1. The summed E-state index contributed by atoms with van der Waals surface area (Å²) in [6.07, 6.45) is 2.93. The van der Waals surface area contributed by atoms with E-state index in [0.717, 1.165) is 6.07 Å². The number of nitrogens with zero attached hydrogens (tertiary/aromatic N) is 4. The Morgan fingerprint density at radius 2 is 2.11 bits per heavy atom. The average Bonchev–Trinajstić information content (AvgIpc) is 3.06. The second-order valence-corrected chi connectivity index (χ2v) is 6.04. The van der Waals surface area contributed by atoms with E-state index in [0.29, 0.717) is 11.3 Å². The Morgan fingerprint density at radius 3 is 2.75 bits per heavy atom. The molecule has 0 bridgehead atoms. The van der Waals surface area contributed by atoms with E-state index in [4.69, 9.17) is 23.3 Å². The number of amidine groups is 1. The second kappa shape index (κ2) is 8.03. The third-order valence-corrected chi connectivity index (χ3v) is 4.25. The van der Waals surface area contributed by atoms with Crippen molar-refractivity contribution in [3.05, 3.63) is 64.8 Å². The SMILES string of the molecule is Cn1ncc(-c2ccc(C(=O)Nc3ncccc3Cl)cc2F)c1C(=NN)NN. The number of rotatable bonds is 4. The van der Waals surface area contributed by atoms with E-state index >= 15 is 0 Å². The first kappa shape index (κ1) is 19.3. The Labute approximate surface area is 164 Å². The summed E-state index contributed by atoms with van der Waals surface area (Å²) in [5, 5.41) is 10.4. The molecule has 0 aliphatic heterocycles. The number of amides is 1. The lowest BCUT2D eigenvalue weighted by Crippen LogP contribution is -2.34. The predicted octanol–water partition coefficient (Wildman–Crippen LogP) is 1.61. The molecule has 1 aromatic carbocycles. The molecule has 0 saturated heterocycles. The van der Waals surface area contributed by atoms with Gasteiger partial charge in [0.15, 0.2) is 11.7 Å². The summed E-state index contributed by atoms with van der Waals surface area (Å²) in [5.74, 6) is 9.86. The standard InChI is InChI=1S/C17H16ClFN8O/c1-27-14(16(25-20)26-21)11(8-23-27)10-5-4-9(7-13(10)19)17(28)24-15-12(18)3-2-6-22-15/h2-8H,20-21H2,1H3,(H,25,26)(H,22,24,28). The molecule has 144 valence electrons. The number of hydrogen-bond acceptors (Lipinski definition) is 6. The molecule has 2 heterocycles. The molecule has 0 aliphatic rings. The van der Waals surface area contributed by atoms with Crippen LogP contribution >= 0.6 is 11.6 Å². The molecule has 3 aromatic rings. The smallest absolute Gasteiger partial charge is 0.256 e. The second-order valence-electron chi connectivity index (χ2n) is 5.64. The first-order valence-corrected chi connectivity index (χ1v) is 8.32. The van der Waals surface area contributed by atoms with Crippen molar-refractivity contribution in [2.75, 3.05) is 5.32 Å². The van der Waals surface area contributed by atoms with Gasteiger partial charge in [-0.05, 0) is 24.3 Å². The maximum atomic E-state index is 14.8. The van der Waals surface area contributed by atoms with Crippen LogP contribution in [0, 0.1) is 5.82 Å². The summed E-state index contributed by atoms with van der Waals surface area (Å²) in [7, 11) is 1.64. The topological polar surface area (TPSA) is 136 Å². The van der Waals surface area contributed by atoms with Gasteiger partial charge in [0.25, 0.3) is 5.91 Å². The number of carbonyl (C=O) groups is 1. The zero-order valence-corrected chi connectivity index (χ0v) is 15.4. The fraction of sp³-hybridized carbons (Fsp3) is 0.0588. The van der Waals surface area contributed by atoms with E-state index < -0.39 is 11.7 Å². The van der Waals surface area contributed by atoms with E-state index in [1.807, 2.05) is 0 Å². The summed E-state index contributed by atoms with van der Waals surface area (Å²) < 4.78 is 16.2. The maximum Gasteiger partial charge on any atom is 0.256 e. The van der Waals surface area contributed by atoms with Gasteiger partial charge in [0.2, 0.25) is 0 Å². The molecule has 2 aromatic heterocycles. The molecular formula is C17H16ClFN8O. The van der Waals surface area contributed by atoms with E-state index in [1.54, 1.807) is 19.2 Å². The Balaban J connectivity index is 1.94. The Bertz CT molecular complexity index is 1070. The first-order valence-electron chi connectivity index (χ1n) is 7.95. The zero-order valence-electron chi connectivity index (χ0n) is 14.6. The van der Waals surface area contributed by atoms with Crippen molar-refractivity contribution in [1.82, 2.24) is 20.2 Å². The first-order chi connectivity index (χ1) is 13.5. The molecule has 3 rings (SSSR count). The van der Waals surface area contributed by atoms with Crippen LogP contribution in [-0.2, 0) is 7.05 Å². The molecule has 0 saturated carbocycles. The highest BCUT2D eigenvalue weighted by atomic mass is 35.5. The summed E-state index contributed by atoms with van der Waals surface area (Å²) >= 11 is 5.97. The third-order valence-electron chi connectivity index (χ3n) is 3.94. The summed E-state index contributed by atoms with van der Waals surface area (Å²) in [4.78, 5) is 16.4. The molecule has 0 fully saturated rings. The predicted molar refractivity (Wildman–Crippen MR) is 104 cm³/mol. The highest BCUT2D eigenvalue weighted by molar-refractivity contribution is 6.33. The van der Waals surface area contributed by atoms with Crippen molar-refractivity contribution >= 4 is 29.2 Å². The number of halogens is 2. The fourth-order valence-corrected chi connectivity index (χ4v) is 2.78. The normalized spacial score (nSPS) is 11.4. The highest BCUT2D eigenvalue weighted by Gasteiger charge is 2.20. The van der Waals surface area contributed by atoms with Crippen molar-refractivity contribution in [2.45, 2.75) is 0 Å². The van der Waals surface area contributed by atoms with E-state index in [-0.39, 0.29) is 27.8 Å². The number of hydrogen-bond donors (Lipinski definition) is 4. The molecule has 0 unspecified atom stereocenters. The monoisotopic (exact) mass is 402 g/mol. The van der Waals surface area contributed by atoms with Crippen LogP contribution in [0.1, 0.15) is 16.1 Å². The van der Waals surface area contributed by atoms with Crippen LogP contribution in [0.25, 0.3) is 11.1 Å². The lowest BCUT2D eigenvalue weighted by Gasteiger charge is -2.10. The van der Waals surface area contributed by atoms with Crippen LogP contribution in [0.4, 0.5) is 10.2 Å². The van der Waals surface area contributed by atoms with Crippen LogP contribution in [0.15, 0.2) is 47.8 Å². The molecule has 28 heavy (non-hydrogen) atoms. The minimum atomic E-state index is -0.637. The number of nitrogens with one attached hydrogen (secondary N) is 2. The quantitative estimate of drug-likeness (QED) is 0.226. The van der Waals surface area contributed by atoms with Crippen molar-refractivity contribution in [3.63, 3.8) is 0 Å². The minimum absolute atomic E-state index is 0.0954. The largest absolute Gasteiger partial charge is 0.321 e. The van der Waals surface area contributed by atoms with Crippen molar-refractivity contribution in [2.24, 2.45) is 23.8 Å². The Kier molecular flexibility index (Phi) is 5.52. The van der Waals surface area contributed by atoms with Crippen LogP contribution in [0.3, 0.4) is 0 Å². The van der Waals surface area contributed by atoms with Gasteiger partial charge >= 0.3 is 0 Å². The van der Waals surface area contributed by atoms with Gasteiger partial charge in [-0.2, -0.15) is 10.2 Å². The van der Waals surface area contributed by atoms with E-state index in [9.17, 15) is 9.18 Å². The molecule has 0 atom stereocenters. The molecule has 0 radical (unpaired) electrons. The lowest BCUT2D eigenvalue weighted by atomic mass is 10.0. The number of aryl methyl sites for hydroxylation is 1. The maximum absolute atomic E-state index is 14.8. The number of anilines is 1. The van der Waals surface area contributed by atoms with Crippen LogP contribution < -0.4 is 22.4 Å². The summed E-state index contributed by atoms with van der Waals surface area (Å²) in [6.45, 7) is 0. The van der Waals surface area contributed by atoms with Gasteiger partial charge < -0.3 is 16.6 Å². The molecule has 9 nitrogen and oxygen atoms in total. The van der Waals surface area contributed by atoms with Gasteiger partial charge in [-0.3, -0.25) is 9.48 Å². The number of carbonyl (C=O) groups excluding carboxylic acids is 1. The van der Waals surface area contributed by atoms with Gasteiger partial charge in [0.05, 0.1) is 11.2 Å². The molecular weight excluding hydrogens is 387 g/mol. The third kappa shape index (κ3) is 3.63. The number of benzene rings is 1. The zero-order chi connectivity index (χ0) is 20.3. The van der Waals surface area contributed by atoms with Crippen LogP contribution in [0.2, 0.25) is 5.02 Å². The summed E-state index contributed by atoms with van der Waals surface area (Å²) in [5.41, 5.74) is 3.44. The van der Waals surface area contributed by atoms with Crippen LogP contribution in [0.5, 0.6) is 0 Å². The van der Waals surface area contributed by atoms with Crippen molar-refractivity contribution in [3.8, 4) is 11.1 Å². The van der Waals surface area contributed by atoms with E-state index in [1.165, 1.54) is 29.2 Å². The number of hydrazine groups is 1. The fourth-order valence-electron chi connectivity index (χ4n) is 2.61. The Hall–Kier alpha value is -3.50. The Morgan fingerprint density at radius 1 is 1.32 bits per heavy atom. The molecule has 11 heteroatoms. The van der Waals surface area contributed by atoms with Gasteiger partial charge in [0.1, 0.15) is 11.5 Å². The molecule has 1 amide bonds.